The maximum atomic E-state index is 5.43. The van der Waals surface area contributed by atoms with Gasteiger partial charge in [-0.3, -0.25) is 0 Å². The molecule has 0 amide bonds. The molecule has 0 spiro atoms. The number of hydrogen-bond donors (Lipinski definition) is 1. The van der Waals surface area contributed by atoms with Crippen LogP contribution in [0.3, 0.4) is 0 Å². The van der Waals surface area contributed by atoms with Crippen LogP contribution in [0.1, 0.15) is 19.8 Å². The van der Waals surface area contributed by atoms with Crippen LogP contribution >= 0.6 is 0 Å². The monoisotopic (exact) mass is 269 g/mol. The number of nitrogens with one attached hydrogen (secondary N) is 1. The Morgan fingerprint density at radius 3 is 2.00 bits per heavy atom. The third-order valence-electron chi connectivity index (χ3n) is 2.90. The molecule has 0 aliphatic heterocycles. The van der Waals surface area contributed by atoms with Gasteiger partial charge in [0.25, 0.3) is 0 Å². The van der Waals surface area contributed by atoms with E-state index in [2.05, 4.69) is 12.2 Å². The first kappa shape index (κ1) is 15.2. The molecule has 0 aromatic heterocycles. The third-order valence-corrected chi connectivity index (χ3v) is 5.56. The number of unbranched alkanes of at least 4 members (excludes halogenated alkanes) is 1. The molecule has 102 valence electrons. The van der Waals surface area contributed by atoms with Crippen LogP contribution in [-0.2, 0) is 13.3 Å². The van der Waals surface area contributed by atoms with Crippen molar-refractivity contribution in [3.05, 3.63) is 24.3 Å². The van der Waals surface area contributed by atoms with Crippen LogP contribution in [0.4, 0.5) is 5.69 Å². The van der Waals surface area contributed by atoms with Crippen molar-refractivity contribution >= 4 is 19.7 Å². The fraction of sp³-hybridized carbons (Fsp3) is 0.538. The van der Waals surface area contributed by atoms with Crippen LogP contribution in [0.25, 0.3) is 0 Å². The molecule has 1 rings (SSSR count). The van der Waals surface area contributed by atoms with Crippen LogP contribution in [0, 0.1) is 0 Å². The van der Waals surface area contributed by atoms with Crippen molar-refractivity contribution in [1.82, 2.24) is 0 Å². The Morgan fingerprint density at radius 2 is 1.56 bits per heavy atom. The summed E-state index contributed by atoms with van der Waals surface area (Å²) in [4.78, 5) is 0. The Morgan fingerprint density at radius 1 is 1.00 bits per heavy atom. The van der Waals surface area contributed by atoms with E-state index in [1.165, 1.54) is 12.8 Å². The van der Waals surface area contributed by atoms with Gasteiger partial charge in [-0.25, -0.2) is 0 Å². The zero-order chi connectivity index (χ0) is 13.4. The van der Waals surface area contributed by atoms with Crippen molar-refractivity contribution in [2.24, 2.45) is 0 Å². The molecule has 1 aromatic carbocycles. The van der Waals surface area contributed by atoms with Crippen LogP contribution in [0.15, 0.2) is 24.3 Å². The largest absolute Gasteiger partial charge is 0.536 e. The van der Waals surface area contributed by atoms with Gasteiger partial charge < -0.3 is 18.6 Å². The topological polar surface area (TPSA) is 39.7 Å². The molecule has 0 saturated carbocycles. The molecule has 4 nitrogen and oxygen atoms in total. The zero-order valence-corrected chi connectivity index (χ0v) is 12.7. The second-order valence-corrected chi connectivity index (χ2v) is 6.94. The quantitative estimate of drug-likeness (QED) is 0.579. The highest BCUT2D eigenvalue weighted by molar-refractivity contribution is 6.75. The Kier molecular flexibility index (Phi) is 6.35. The van der Waals surface area contributed by atoms with Crippen LogP contribution < -0.4 is 10.5 Å². The summed E-state index contributed by atoms with van der Waals surface area (Å²) < 4.78 is 16.3. The summed E-state index contributed by atoms with van der Waals surface area (Å²) in [5.74, 6) is 0. The van der Waals surface area contributed by atoms with Crippen molar-refractivity contribution in [2.45, 2.75) is 19.8 Å². The van der Waals surface area contributed by atoms with Gasteiger partial charge >= 0.3 is 8.80 Å². The van der Waals surface area contributed by atoms with Crippen LogP contribution in [-0.4, -0.2) is 36.7 Å². The van der Waals surface area contributed by atoms with Gasteiger partial charge in [0.1, 0.15) is 0 Å². The minimum atomic E-state index is -2.68. The van der Waals surface area contributed by atoms with E-state index in [4.69, 9.17) is 13.3 Å². The predicted molar refractivity (Wildman–Crippen MR) is 76.3 cm³/mol. The Bertz CT molecular complexity index is 330. The van der Waals surface area contributed by atoms with E-state index in [0.29, 0.717) is 0 Å². The molecule has 0 radical (unpaired) electrons. The lowest BCUT2D eigenvalue weighted by Crippen LogP contribution is -2.54. The molecule has 5 heteroatoms. The standard InChI is InChI=1S/C13H23NO3Si/c1-5-6-11-14-12-7-9-13(10-8-12)18(15-2,16-3)17-4/h7-10,14H,5-6,11H2,1-4H3. The van der Waals surface area contributed by atoms with E-state index in [9.17, 15) is 0 Å². The second-order valence-electron chi connectivity index (χ2n) is 4.03. The molecule has 0 aliphatic rings. The SMILES string of the molecule is CCCCNc1ccc([Si](OC)(OC)OC)cc1. The molecule has 0 bridgehead atoms. The van der Waals surface area contributed by atoms with Gasteiger partial charge in [0.2, 0.25) is 0 Å². The number of hydrogen-bond acceptors (Lipinski definition) is 4. The summed E-state index contributed by atoms with van der Waals surface area (Å²) in [5, 5.41) is 4.34. The number of rotatable bonds is 8. The third kappa shape index (κ3) is 3.55. The Labute approximate surface area is 111 Å². The maximum Gasteiger partial charge on any atom is 0.536 e. The minimum Gasteiger partial charge on any atom is -0.385 e. The predicted octanol–water partition coefficient (Wildman–Crippen LogP) is 1.98. The minimum absolute atomic E-state index is 0.969. The van der Waals surface area contributed by atoms with E-state index in [0.717, 1.165) is 17.4 Å². The van der Waals surface area contributed by atoms with E-state index in [1.54, 1.807) is 21.3 Å². The average molecular weight is 269 g/mol. The van der Waals surface area contributed by atoms with Crippen molar-refractivity contribution in [3.8, 4) is 0 Å². The maximum absolute atomic E-state index is 5.43. The number of benzene rings is 1. The molecule has 0 unspecified atom stereocenters. The summed E-state index contributed by atoms with van der Waals surface area (Å²) in [5.41, 5.74) is 1.11. The van der Waals surface area contributed by atoms with Crippen molar-refractivity contribution in [1.29, 1.82) is 0 Å². The van der Waals surface area contributed by atoms with Crippen LogP contribution in [0.5, 0.6) is 0 Å². The smallest absolute Gasteiger partial charge is 0.385 e. The first-order valence-corrected chi connectivity index (χ1v) is 7.94. The van der Waals surface area contributed by atoms with Crippen molar-refractivity contribution < 1.29 is 13.3 Å². The molecule has 0 atom stereocenters. The lowest BCUT2D eigenvalue weighted by atomic mass is 10.3. The van der Waals surface area contributed by atoms with Gasteiger partial charge in [-0.15, -0.1) is 0 Å². The lowest BCUT2D eigenvalue weighted by molar-refractivity contribution is 0.140. The van der Waals surface area contributed by atoms with Gasteiger partial charge in [-0.2, -0.15) is 0 Å². The molecule has 1 N–H and O–H groups in total. The highest BCUT2D eigenvalue weighted by Gasteiger charge is 2.40. The molecule has 0 fully saturated rings. The van der Waals surface area contributed by atoms with E-state index in [1.807, 2.05) is 24.3 Å². The molecular weight excluding hydrogens is 246 g/mol. The molecule has 18 heavy (non-hydrogen) atoms. The Hall–Kier alpha value is -0.883. The van der Waals surface area contributed by atoms with Gasteiger partial charge in [0.05, 0.1) is 0 Å². The summed E-state index contributed by atoms with van der Waals surface area (Å²) in [6, 6.07) is 8.06. The molecule has 0 aliphatic carbocycles. The molecule has 0 heterocycles. The normalized spacial score (nSPS) is 11.6. The second kappa shape index (κ2) is 7.53. The van der Waals surface area contributed by atoms with Gasteiger partial charge in [-0.05, 0) is 18.6 Å². The first-order chi connectivity index (χ1) is 8.72. The highest BCUT2D eigenvalue weighted by Crippen LogP contribution is 2.11. The molecule has 0 saturated heterocycles. The van der Waals surface area contributed by atoms with Gasteiger partial charge in [0.15, 0.2) is 0 Å². The molecule has 1 aromatic rings. The summed E-state index contributed by atoms with van der Waals surface area (Å²) in [6.07, 6.45) is 2.37. The van der Waals surface area contributed by atoms with E-state index in [-0.39, 0.29) is 0 Å². The summed E-state index contributed by atoms with van der Waals surface area (Å²) >= 11 is 0. The van der Waals surface area contributed by atoms with E-state index >= 15 is 0 Å². The summed E-state index contributed by atoms with van der Waals surface area (Å²) in [6.45, 7) is 3.18. The van der Waals surface area contributed by atoms with Gasteiger partial charge in [-0.1, -0.05) is 25.5 Å². The average Bonchev–Trinajstić information content (AvgIpc) is 2.43. The van der Waals surface area contributed by atoms with Crippen molar-refractivity contribution in [2.75, 3.05) is 33.2 Å². The van der Waals surface area contributed by atoms with E-state index < -0.39 is 8.80 Å². The van der Waals surface area contributed by atoms with Crippen LogP contribution in [0.2, 0.25) is 0 Å². The fourth-order valence-corrected chi connectivity index (χ4v) is 3.59. The van der Waals surface area contributed by atoms with Gasteiger partial charge in [0, 0.05) is 38.7 Å². The fourth-order valence-electron chi connectivity index (χ4n) is 1.81. The number of anilines is 1. The van der Waals surface area contributed by atoms with Crippen molar-refractivity contribution in [3.63, 3.8) is 0 Å². The lowest BCUT2D eigenvalue weighted by Gasteiger charge is -2.24. The Balaban J connectivity index is 2.74. The first-order valence-electron chi connectivity index (χ1n) is 6.22. The summed E-state index contributed by atoms with van der Waals surface area (Å²) in [7, 11) is 2.17. The highest BCUT2D eigenvalue weighted by atomic mass is 28.4. The molecular formula is C13H23NO3Si. The zero-order valence-electron chi connectivity index (χ0n) is 11.7.